The van der Waals surface area contributed by atoms with Crippen molar-refractivity contribution >= 4 is 17.2 Å². The van der Waals surface area contributed by atoms with E-state index >= 15 is 0 Å². The summed E-state index contributed by atoms with van der Waals surface area (Å²) in [6.45, 7) is 2.55. The SMILES string of the molecule is Cc1cc(C(=O)NCc2cc(C#CCN)cs2)ccc1O. The van der Waals surface area contributed by atoms with E-state index in [1.165, 1.54) is 6.07 Å². The number of carbonyl (C=O) groups excluding carboxylic acids is 1. The zero-order valence-electron chi connectivity index (χ0n) is 11.6. The zero-order chi connectivity index (χ0) is 15.2. The van der Waals surface area contributed by atoms with E-state index in [1.807, 2.05) is 11.4 Å². The monoisotopic (exact) mass is 300 g/mol. The first-order valence-electron chi connectivity index (χ1n) is 6.44. The molecule has 0 spiro atoms. The van der Waals surface area contributed by atoms with Crippen molar-refractivity contribution < 1.29 is 9.90 Å². The summed E-state index contributed by atoms with van der Waals surface area (Å²) in [7, 11) is 0. The van der Waals surface area contributed by atoms with Gasteiger partial charge in [-0.1, -0.05) is 11.8 Å². The van der Waals surface area contributed by atoms with Crippen LogP contribution in [0.1, 0.15) is 26.4 Å². The van der Waals surface area contributed by atoms with Gasteiger partial charge in [0.25, 0.3) is 5.91 Å². The number of rotatable bonds is 3. The molecule has 0 aliphatic carbocycles. The molecule has 108 valence electrons. The van der Waals surface area contributed by atoms with Crippen molar-refractivity contribution in [1.29, 1.82) is 0 Å². The minimum absolute atomic E-state index is 0.166. The van der Waals surface area contributed by atoms with Crippen molar-refractivity contribution in [3.05, 3.63) is 51.2 Å². The number of phenols is 1. The third kappa shape index (κ3) is 4.09. The molecule has 1 heterocycles. The van der Waals surface area contributed by atoms with Gasteiger partial charge in [0.15, 0.2) is 0 Å². The fraction of sp³-hybridized carbons (Fsp3) is 0.188. The van der Waals surface area contributed by atoms with Crippen molar-refractivity contribution in [2.24, 2.45) is 5.73 Å². The van der Waals surface area contributed by atoms with Crippen LogP contribution in [0.5, 0.6) is 5.75 Å². The topological polar surface area (TPSA) is 75.4 Å². The third-order valence-corrected chi connectivity index (χ3v) is 3.81. The molecule has 0 bridgehead atoms. The lowest BCUT2D eigenvalue weighted by Crippen LogP contribution is -2.22. The van der Waals surface area contributed by atoms with Gasteiger partial charge in [-0.05, 0) is 36.8 Å². The van der Waals surface area contributed by atoms with Gasteiger partial charge in [-0.15, -0.1) is 11.3 Å². The van der Waals surface area contributed by atoms with E-state index in [0.717, 1.165) is 10.4 Å². The Kier molecular flexibility index (Phi) is 4.99. The lowest BCUT2D eigenvalue weighted by Gasteiger charge is -2.05. The number of hydrogen-bond acceptors (Lipinski definition) is 4. The van der Waals surface area contributed by atoms with Crippen molar-refractivity contribution in [2.45, 2.75) is 13.5 Å². The Bertz CT molecular complexity index is 711. The summed E-state index contributed by atoms with van der Waals surface area (Å²) in [5.41, 5.74) is 7.45. The summed E-state index contributed by atoms with van der Waals surface area (Å²) in [4.78, 5) is 13.1. The average molecular weight is 300 g/mol. The predicted molar refractivity (Wildman–Crippen MR) is 84.3 cm³/mol. The van der Waals surface area contributed by atoms with Crippen LogP contribution in [0.4, 0.5) is 0 Å². The van der Waals surface area contributed by atoms with E-state index in [4.69, 9.17) is 5.73 Å². The second kappa shape index (κ2) is 6.93. The average Bonchev–Trinajstić information content (AvgIpc) is 2.93. The Morgan fingerprint density at radius 2 is 2.24 bits per heavy atom. The summed E-state index contributed by atoms with van der Waals surface area (Å²) in [6, 6.07) is 6.73. The van der Waals surface area contributed by atoms with Gasteiger partial charge in [-0.2, -0.15) is 0 Å². The number of nitrogens with one attached hydrogen (secondary N) is 1. The van der Waals surface area contributed by atoms with E-state index in [0.29, 0.717) is 24.2 Å². The second-order valence-corrected chi connectivity index (χ2v) is 5.49. The summed E-state index contributed by atoms with van der Waals surface area (Å²) < 4.78 is 0. The smallest absolute Gasteiger partial charge is 0.251 e. The van der Waals surface area contributed by atoms with Crippen LogP contribution in [0, 0.1) is 18.8 Å². The predicted octanol–water partition coefficient (Wildman–Crippen LogP) is 2.00. The maximum absolute atomic E-state index is 12.0. The molecule has 1 aromatic carbocycles. The molecule has 0 aliphatic rings. The highest BCUT2D eigenvalue weighted by atomic mass is 32.1. The second-order valence-electron chi connectivity index (χ2n) is 4.49. The fourth-order valence-corrected chi connectivity index (χ4v) is 2.51. The molecule has 1 amide bonds. The molecule has 0 radical (unpaired) electrons. The lowest BCUT2D eigenvalue weighted by molar-refractivity contribution is 0.0951. The highest BCUT2D eigenvalue weighted by molar-refractivity contribution is 7.10. The maximum atomic E-state index is 12.0. The van der Waals surface area contributed by atoms with Crippen molar-refractivity contribution in [3.63, 3.8) is 0 Å². The molecule has 0 unspecified atom stereocenters. The number of benzene rings is 1. The summed E-state index contributed by atoms with van der Waals surface area (Å²) >= 11 is 1.54. The van der Waals surface area contributed by atoms with Gasteiger partial charge in [0.05, 0.1) is 13.1 Å². The first-order chi connectivity index (χ1) is 10.1. The minimum Gasteiger partial charge on any atom is -0.508 e. The van der Waals surface area contributed by atoms with Gasteiger partial charge in [0.1, 0.15) is 5.75 Å². The Balaban J connectivity index is 1.97. The molecule has 1 aromatic heterocycles. The molecular formula is C16H16N2O2S. The van der Waals surface area contributed by atoms with Crippen LogP contribution >= 0.6 is 11.3 Å². The van der Waals surface area contributed by atoms with Crippen LogP contribution in [-0.2, 0) is 6.54 Å². The van der Waals surface area contributed by atoms with Crippen LogP contribution in [0.3, 0.4) is 0 Å². The molecule has 2 rings (SSSR count). The van der Waals surface area contributed by atoms with E-state index in [1.54, 1.807) is 30.4 Å². The summed E-state index contributed by atoms with van der Waals surface area (Å²) in [5.74, 6) is 5.77. The standard InChI is InChI=1S/C16H16N2O2S/c1-11-7-13(4-5-15(11)19)16(20)18-9-14-8-12(10-21-14)3-2-6-17/h4-5,7-8,10,19H,6,9,17H2,1H3,(H,18,20). The Morgan fingerprint density at radius 3 is 2.95 bits per heavy atom. The van der Waals surface area contributed by atoms with Crippen LogP contribution in [0.2, 0.25) is 0 Å². The molecule has 4 nitrogen and oxygen atoms in total. The molecule has 4 N–H and O–H groups in total. The van der Waals surface area contributed by atoms with Gasteiger partial charge in [-0.25, -0.2) is 0 Å². The quantitative estimate of drug-likeness (QED) is 0.759. The van der Waals surface area contributed by atoms with Gasteiger partial charge in [-0.3, -0.25) is 4.79 Å². The molecular weight excluding hydrogens is 284 g/mol. The van der Waals surface area contributed by atoms with Crippen molar-refractivity contribution in [3.8, 4) is 17.6 Å². The highest BCUT2D eigenvalue weighted by Gasteiger charge is 2.07. The number of aryl methyl sites for hydroxylation is 1. The van der Waals surface area contributed by atoms with Crippen molar-refractivity contribution in [2.75, 3.05) is 6.54 Å². The molecule has 21 heavy (non-hydrogen) atoms. The first kappa shape index (κ1) is 15.1. The van der Waals surface area contributed by atoms with E-state index in [-0.39, 0.29) is 11.7 Å². The zero-order valence-corrected chi connectivity index (χ0v) is 12.5. The summed E-state index contributed by atoms with van der Waals surface area (Å²) in [5, 5.41) is 14.2. The number of carbonyl (C=O) groups is 1. The Labute approximate surface area is 127 Å². The molecule has 2 aromatic rings. The molecule has 0 aliphatic heterocycles. The van der Waals surface area contributed by atoms with Gasteiger partial charge >= 0.3 is 0 Å². The number of nitrogens with two attached hydrogens (primary N) is 1. The molecule has 5 heteroatoms. The number of amides is 1. The molecule has 0 fully saturated rings. The number of phenolic OH excluding ortho intramolecular Hbond substituents is 1. The van der Waals surface area contributed by atoms with Gasteiger partial charge in [0, 0.05) is 21.4 Å². The Morgan fingerprint density at radius 1 is 1.43 bits per heavy atom. The van der Waals surface area contributed by atoms with Crippen molar-refractivity contribution in [1.82, 2.24) is 5.32 Å². The fourth-order valence-electron chi connectivity index (χ4n) is 1.76. The Hall–Kier alpha value is -2.29. The van der Waals surface area contributed by atoms with E-state index in [2.05, 4.69) is 17.2 Å². The number of thiophene rings is 1. The van der Waals surface area contributed by atoms with Crippen LogP contribution in [-0.4, -0.2) is 17.6 Å². The maximum Gasteiger partial charge on any atom is 0.251 e. The molecule has 0 saturated heterocycles. The molecule has 0 saturated carbocycles. The van der Waals surface area contributed by atoms with Gasteiger partial charge in [0.2, 0.25) is 0 Å². The minimum atomic E-state index is -0.166. The summed E-state index contributed by atoms with van der Waals surface area (Å²) in [6.07, 6.45) is 0. The highest BCUT2D eigenvalue weighted by Crippen LogP contribution is 2.17. The number of aromatic hydroxyl groups is 1. The largest absolute Gasteiger partial charge is 0.508 e. The first-order valence-corrected chi connectivity index (χ1v) is 7.32. The lowest BCUT2D eigenvalue weighted by atomic mass is 10.1. The van der Waals surface area contributed by atoms with Crippen LogP contribution < -0.4 is 11.1 Å². The number of hydrogen-bond donors (Lipinski definition) is 3. The van der Waals surface area contributed by atoms with E-state index in [9.17, 15) is 9.90 Å². The van der Waals surface area contributed by atoms with E-state index < -0.39 is 0 Å². The third-order valence-electron chi connectivity index (χ3n) is 2.87. The van der Waals surface area contributed by atoms with Gasteiger partial charge < -0.3 is 16.2 Å². The van der Waals surface area contributed by atoms with Crippen LogP contribution in [0.15, 0.2) is 29.6 Å². The molecule has 0 atom stereocenters. The van der Waals surface area contributed by atoms with Crippen LogP contribution in [0.25, 0.3) is 0 Å². The normalized spacial score (nSPS) is 9.81.